The van der Waals surface area contributed by atoms with Crippen molar-refractivity contribution in [2.45, 2.75) is 39.7 Å². The number of carbonyl (C=O) groups is 1. The Morgan fingerprint density at radius 1 is 1.24 bits per heavy atom. The van der Waals surface area contributed by atoms with E-state index in [9.17, 15) is 4.79 Å². The minimum absolute atomic E-state index is 0.0867. The highest BCUT2D eigenvalue weighted by Gasteiger charge is 2.23. The van der Waals surface area contributed by atoms with Crippen LogP contribution in [0.3, 0.4) is 0 Å². The van der Waals surface area contributed by atoms with Crippen LogP contribution < -0.4 is 15.5 Å². The maximum absolute atomic E-state index is 12.2. The first-order valence-electron chi connectivity index (χ1n) is 8.03. The summed E-state index contributed by atoms with van der Waals surface area (Å²) in [6, 6.07) is 8.66. The molecule has 0 bridgehead atoms. The Hall–Kier alpha value is -1.55. The first-order chi connectivity index (χ1) is 10.1. The molecule has 1 aliphatic rings. The van der Waals surface area contributed by atoms with Crippen LogP contribution in [-0.2, 0) is 4.79 Å². The van der Waals surface area contributed by atoms with Crippen molar-refractivity contribution in [2.75, 3.05) is 29.9 Å². The number of nitrogens with zero attached hydrogens (tertiary/aromatic N) is 1. The first kappa shape index (κ1) is 15.8. The highest BCUT2D eigenvalue weighted by molar-refractivity contribution is 5.92. The van der Waals surface area contributed by atoms with Crippen molar-refractivity contribution < 1.29 is 4.79 Å². The van der Waals surface area contributed by atoms with Crippen molar-refractivity contribution in [2.24, 2.45) is 5.92 Å². The molecule has 0 spiro atoms. The largest absolute Gasteiger partial charge is 0.372 e. The van der Waals surface area contributed by atoms with Gasteiger partial charge in [-0.2, -0.15) is 0 Å². The van der Waals surface area contributed by atoms with Crippen molar-refractivity contribution >= 4 is 17.3 Å². The molecule has 1 saturated heterocycles. The third kappa shape index (κ3) is 4.21. The highest BCUT2D eigenvalue weighted by atomic mass is 16.1. The van der Waals surface area contributed by atoms with Crippen molar-refractivity contribution in [3.05, 3.63) is 24.3 Å². The van der Waals surface area contributed by atoms with Crippen LogP contribution in [0.15, 0.2) is 24.3 Å². The minimum Gasteiger partial charge on any atom is -0.372 e. The van der Waals surface area contributed by atoms with Crippen LogP contribution in [-0.4, -0.2) is 31.6 Å². The Morgan fingerprint density at radius 2 is 1.90 bits per heavy atom. The molecule has 2 atom stereocenters. The quantitative estimate of drug-likeness (QED) is 0.876. The Bertz CT molecular complexity index is 446. The lowest BCUT2D eigenvalue weighted by molar-refractivity contribution is -0.120. The van der Waals surface area contributed by atoms with E-state index in [1.165, 1.54) is 5.69 Å². The summed E-state index contributed by atoms with van der Waals surface area (Å²) in [7, 11) is 0. The van der Waals surface area contributed by atoms with E-state index in [0.29, 0.717) is 6.04 Å². The van der Waals surface area contributed by atoms with Crippen LogP contribution in [0.4, 0.5) is 11.4 Å². The first-order valence-corrected chi connectivity index (χ1v) is 8.03. The van der Waals surface area contributed by atoms with E-state index >= 15 is 0 Å². The van der Waals surface area contributed by atoms with Crippen LogP contribution in [0.1, 0.15) is 33.6 Å². The van der Waals surface area contributed by atoms with E-state index in [0.717, 1.165) is 38.2 Å². The van der Waals surface area contributed by atoms with Crippen molar-refractivity contribution in [3.63, 3.8) is 0 Å². The third-order valence-electron chi connectivity index (χ3n) is 4.30. The molecule has 0 aliphatic carbocycles. The molecule has 1 aromatic rings. The summed E-state index contributed by atoms with van der Waals surface area (Å²) in [5.41, 5.74) is 2.08. The monoisotopic (exact) mass is 289 g/mol. The number of hydrogen-bond donors (Lipinski definition) is 2. The average molecular weight is 289 g/mol. The number of piperidine rings is 1. The number of nitrogens with one attached hydrogen (secondary N) is 2. The highest BCUT2D eigenvalue weighted by Crippen LogP contribution is 2.20. The lowest BCUT2D eigenvalue weighted by atomic mass is 9.95. The normalized spacial score (nSPS) is 21.9. The van der Waals surface area contributed by atoms with Crippen LogP contribution >= 0.6 is 0 Å². The predicted octanol–water partition coefficient (Wildman–Crippen LogP) is 2.86. The Morgan fingerprint density at radius 3 is 2.43 bits per heavy atom. The molecular weight excluding hydrogens is 262 g/mol. The fourth-order valence-electron chi connectivity index (χ4n) is 2.81. The number of rotatable bonds is 5. The number of amides is 1. The van der Waals surface area contributed by atoms with E-state index in [4.69, 9.17) is 0 Å². The SMILES string of the molecule is CCN(CC)c1ccc(NC(=O)C2CCC(C)NC2)cc1. The molecular formula is C17H27N3O. The molecule has 4 nitrogen and oxygen atoms in total. The van der Waals surface area contributed by atoms with Gasteiger partial charge in [0.15, 0.2) is 0 Å². The molecule has 0 radical (unpaired) electrons. The van der Waals surface area contributed by atoms with Gasteiger partial charge in [-0.25, -0.2) is 0 Å². The Labute approximate surface area is 127 Å². The lowest BCUT2D eigenvalue weighted by Gasteiger charge is -2.27. The summed E-state index contributed by atoms with van der Waals surface area (Å²) in [5, 5.41) is 6.40. The van der Waals surface area contributed by atoms with Gasteiger partial charge in [0.25, 0.3) is 0 Å². The van der Waals surface area contributed by atoms with Crippen molar-refractivity contribution in [1.29, 1.82) is 0 Å². The van der Waals surface area contributed by atoms with Gasteiger partial charge in [-0.15, -0.1) is 0 Å². The fourth-order valence-corrected chi connectivity index (χ4v) is 2.81. The summed E-state index contributed by atoms with van der Waals surface area (Å²) in [4.78, 5) is 14.5. The van der Waals surface area contributed by atoms with Gasteiger partial charge < -0.3 is 15.5 Å². The van der Waals surface area contributed by atoms with E-state index in [-0.39, 0.29) is 11.8 Å². The molecule has 1 fully saturated rings. The van der Waals surface area contributed by atoms with Gasteiger partial charge in [-0.1, -0.05) is 0 Å². The Kier molecular flexibility index (Phi) is 5.62. The van der Waals surface area contributed by atoms with Crippen LogP contribution in [0.2, 0.25) is 0 Å². The molecule has 4 heteroatoms. The molecule has 2 rings (SSSR count). The molecule has 0 aromatic heterocycles. The third-order valence-corrected chi connectivity index (χ3v) is 4.30. The fraction of sp³-hybridized carbons (Fsp3) is 0.588. The molecule has 0 saturated carbocycles. The molecule has 1 heterocycles. The van der Waals surface area contributed by atoms with Crippen LogP contribution in [0.25, 0.3) is 0 Å². The second-order valence-electron chi connectivity index (χ2n) is 5.79. The van der Waals surface area contributed by atoms with E-state index < -0.39 is 0 Å². The predicted molar refractivity (Wildman–Crippen MR) is 88.8 cm³/mol. The van der Waals surface area contributed by atoms with Gasteiger partial charge in [-0.05, 0) is 57.9 Å². The maximum Gasteiger partial charge on any atom is 0.228 e. The lowest BCUT2D eigenvalue weighted by Crippen LogP contribution is -2.41. The molecule has 1 aromatic carbocycles. The summed E-state index contributed by atoms with van der Waals surface area (Å²) >= 11 is 0. The zero-order chi connectivity index (χ0) is 15.2. The standard InChI is InChI=1S/C17H27N3O/c1-4-20(5-2)16-10-8-15(9-11-16)19-17(21)14-7-6-13(3)18-12-14/h8-11,13-14,18H,4-7,12H2,1-3H3,(H,19,21). The van der Waals surface area contributed by atoms with Crippen LogP contribution in [0, 0.1) is 5.92 Å². The molecule has 1 aliphatic heterocycles. The van der Waals surface area contributed by atoms with Gasteiger partial charge in [0.1, 0.15) is 0 Å². The summed E-state index contributed by atoms with van der Waals surface area (Å²) in [6.45, 7) is 9.24. The van der Waals surface area contributed by atoms with Gasteiger partial charge in [-0.3, -0.25) is 4.79 Å². The second kappa shape index (κ2) is 7.46. The Balaban J connectivity index is 1.92. The van der Waals surface area contributed by atoms with E-state index in [2.05, 4.69) is 48.4 Å². The number of anilines is 2. The molecule has 2 N–H and O–H groups in total. The second-order valence-corrected chi connectivity index (χ2v) is 5.79. The summed E-state index contributed by atoms with van der Waals surface area (Å²) in [6.07, 6.45) is 2.04. The van der Waals surface area contributed by atoms with Crippen molar-refractivity contribution in [3.8, 4) is 0 Å². The average Bonchev–Trinajstić information content (AvgIpc) is 2.51. The molecule has 21 heavy (non-hydrogen) atoms. The maximum atomic E-state index is 12.2. The van der Waals surface area contributed by atoms with Gasteiger partial charge >= 0.3 is 0 Å². The molecule has 116 valence electrons. The van der Waals surface area contributed by atoms with Gasteiger partial charge in [0.05, 0.1) is 5.92 Å². The molecule has 1 amide bonds. The van der Waals surface area contributed by atoms with Gasteiger partial charge in [0.2, 0.25) is 5.91 Å². The zero-order valence-electron chi connectivity index (χ0n) is 13.4. The number of carbonyl (C=O) groups excluding carboxylic acids is 1. The minimum atomic E-state index is 0.0867. The van der Waals surface area contributed by atoms with E-state index in [1.807, 2.05) is 12.1 Å². The summed E-state index contributed by atoms with van der Waals surface area (Å²) in [5.74, 6) is 0.216. The zero-order valence-corrected chi connectivity index (χ0v) is 13.4. The van der Waals surface area contributed by atoms with Crippen molar-refractivity contribution in [1.82, 2.24) is 5.32 Å². The van der Waals surface area contributed by atoms with E-state index in [1.54, 1.807) is 0 Å². The summed E-state index contributed by atoms with van der Waals surface area (Å²) < 4.78 is 0. The molecule has 2 unspecified atom stereocenters. The van der Waals surface area contributed by atoms with Gasteiger partial charge in [0, 0.05) is 37.1 Å². The number of benzene rings is 1. The smallest absolute Gasteiger partial charge is 0.228 e. The number of hydrogen-bond acceptors (Lipinski definition) is 3. The van der Waals surface area contributed by atoms with Crippen LogP contribution in [0.5, 0.6) is 0 Å². The topological polar surface area (TPSA) is 44.4 Å².